The van der Waals surface area contributed by atoms with Gasteiger partial charge in [-0.25, -0.2) is 0 Å². The summed E-state index contributed by atoms with van der Waals surface area (Å²) in [5.74, 6) is 0.661. The van der Waals surface area contributed by atoms with Crippen molar-refractivity contribution < 1.29 is 0 Å². The first-order valence-corrected chi connectivity index (χ1v) is 5.41. The van der Waals surface area contributed by atoms with Crippen LogP contribution in [0.2, 0.25) is 0 Å². The van der Waals surface area contributed by atoms with Crippen molar-refractivity contribution in [1.29, 1.82) is 0 Å². The average molecular weight is 241 g/mol. The topological polar surface area (TPSA) is 38.9 Å². The fourth-order valence-corrected chi connectivity index (χ4v) is 1.88. The molecule has 2 atom stereocenters. The van der Waals surface area contributed by atoms with Crippen molar-refractivity contribution in [1.82, 2.24) is 4.98 Å². The molecule has 2 N–H and O–H groups in total. The van der Waals surface area contributed by atoms with E-state index in [1.54, 1.807) is 0 Å². The molecule has 0 amide bonds. The molecule has 0 aromatic carbocycles. The molecule has 0 radical (unpaired) electrons. The van der Waals surface area contributed by atoms with Gasteiger partial charge >= 0.3 is 0 Å². The second-order valence-electron chi connectivity index (χ2n) is 3.67. The van der Waals surface area contributed by atoms with Crippen LogP contribution in [0.5, 0.6) is 0 Å². The monoisotopic (exact) mass is 240 g/mol. The molecule has 1 aliphatic carbocycles. The Balaban J connectivity index is 1.98. The summed E-state index contributed by atoms with van der Waals surface area (Å²) < 4.78 is 1.04. The van der Waals surface area contributed by atoms with E-state index in [9.17, 15) is 0 Å². The quantitative estimate of drug-likeness (QED) is 0.861. The third kappa shape index (κ3) is 2.09. The maximum atomic E-state index is 5.86. The van der Waals surface area contributed by atoms with Gasteiger partial charge in [-0.15, -0.1) is 0 Å². The van der Waals surface area contributed by atoms with E-state index in [2.05, 4.69) is 27.0 Å². The maximum absolute atomic E-state index is 5.86. The van der Waals surface area contributed by atoms with Gasteiger partial charge in [-0.2, -0.15) is 0 Å². The van der Waals surface area contributed by atoms with Crippen LogP contribution in [-0.2, 0) is 6.42 Å². The van der Waals surface area contributed by atoms with Crippen molar-refractivity contribution in [3.05, 3.63) is 28.5 Å². The molecule has 1 aliphatic rings. The number of nitrogens with two attached hydrogens (primary N) is 1. The van der Waals surface area contributed by atoms with Crippen LogP contribution in [-0.4, -0.2) is 11.0 Å². The maximum Gasteiger partial charge on any atom is 0.0413 e. The summed E-state index contributed by atoms with van der Waals surface area (Å²) in [7, 11) is 0. The number of halogens is 1. The highest BCUT2D eigenvalue weighted by Gasteiger charge is 2.27. The Labute approximate surface area is 86.7 Å². The number of pyridine rings is 1. The molecule has 2 nitrogen and oxygen atoms in total. The normalized spacial score (nSPS) is 26.9. The van der Waals surface area contributed by atoms with Gasteiger partial charge in [0.05, 0.1) is 0 Å². The van der Waals surface area contributed by atoms with Crippen LogP contribution >= 0.6 is 15.9 Å². The van der Waals surface area contributed by atoms with E-state index in [0.717, 1.165) is 16.6 Å². The van der Waals surface area contributed by atoms with E-state index in [1.165, 1.54) is 12.8 Å². The smallest absolute Gasteiger partial charge is 0.0413 e. The van der Waals surface area contributed by atoms with Gasteiger partial charge < -0.3 is 5.73 Å². The summed E-state index contributed by atoms with van der Waals surface area (Å²) in [5.41, 5.74) is 7.02. The second kappa shape index (κ2) is 3.76. The molecule has 0 bridgehead atoms. The van der Waals surface area contributed by atoms with Crippen molar-refractivity contribution in [2.45, 2.75) is 25.3 Å². The number of nitrogens with zero attached hydrogens (tertiary/aromatic N) is 1. The molecule has 1 heterocycles. The Morgan fingerprint density at radius 2 is 2.31 bits per heavy atom. The Kier molecular flexibility index (Phi) is 2.65. The number of hydrogen-bond acceptors (Lipinski definition) is 2. The third-order valence-corrected chi connectivity index (χ3v) is 3.21. The molecule has 3 heteroatoms. The Hall–Kier alpha value is -0.410. The predicted molar refractivity (Wildman–Crippen MR) is 56.3 cm³/mol. The first-order valence-electron chi connectivity index (χ1n) is 4.62. The van der Waals surface area contributed by atoms with E-state index in [1.807, 2.05) is 12.3 Å². The van der Waals surface area contributed by atoms with Crippen LogP contribution < -0.4 is 5.73 Å². The average Bonchev–Trinajstić information content (AvgIpc) is 2.15. The first-order chi connectivity index (χ1) is 6.25. The van der Waals surface area contributed by atoms with Crippen molar-refractivity contribution in [3.63, 3.8) is 0 Å². The van der Waals surface area contributed by atoms with E-state index >= 15 is 0 Å². The Morgan fingerprint density at radius 1 is 1.46 bits per heavy atom. The molecule has 1 saturated carbocycles. The minimum Gasteiger partial charge on any atom is -0.327 e. The molecule has 70 valence electrons. The van der Waals surface area contributed by atoms with Crippen molar-refractivity contribution >= 4 is 15.9 Å². The van der Waals surface area contributed by atoms with Gasteiger partial charge in [0.1, 0.15) is 0 Å². The van der Waals surface area contributed by atoms with Crippen LogP contribution in [0.15, 0.2) is 22.8 Å². The number of aromatic nitrogens is 1. The van der Waals surface area contributed by atoms with Gasteiger partial charge in [0.2, 0.25) is 0 Å². The lowest BCUT2D eigenvalue weighted by Gasteiger charge is -2.33. The van der Waals surface area contributed by atoms with Gasteiger partial charge in [0.25, 0.3) is 0 Å². The minimum atomic E-state index is 0.408. The fourth-order valence-electron chi connectivity index (χ4n) is 1.64. The van der Waals surface area contributed by atoms with Crippen LogP contribution in [0.25, 0.3) is 0 Å². The molecule has 0 spiro atoms. The highest BCUT2D eigenvalue weighted by molar-refractivity contribution is 9.10. The zero-order valence-electron chi connectivity index (χ0n) is 7.41. The summed E-state index contributed by atoms with van der Waals surface area (Å²) in [6.07, 6.45) is 5.33. The minimum absolute atomic E-state index is 0.408. The van der Waals surface area contributed by atoms with E-state index in [0.29, 0.717) is 12.0 Å². The van der Waals surface area contributed by atoms with E-state index in [-0.39, 0.29) is 0 Å². The summed E-state index contributed by atoms with van der Waals surface area (Å²) in [5, 5.41) is 0. The van der Waals surface area contributed by atoms with Gasteiger partial charge in [-0.05, 0) is 53.2 Å². The molecule has 2 rings (SSSR count). The fraction of sp³-hybridized carbons (Fsp3) is 0.500. The molecule has 1 fully saturated rings. The zero-order chi connectivity index (χ0) is 9.26. The molecule has 1 aromatic heterocycles. The largest absolute Gasteiger partial charge is 0.327 e. The Bertz CT molecular complexity index is 283. The van der Waals surface area contributed by atoms with Gasteiger partial charge in [0.15, 0.2) is 0 Å². The lowest BCUT2D eigenvalue weighted by Crippen LogP contribution is -2.40. The van der Waals surface area contributed by atoms with Crippen LogP contribution in [0.4, 0.5) is 0 Å². The molecule has 2 unspecified atom stereocenters. The lowest BCUT2D eigenvalue weighted by atomic mass is 9.77. The standard InChI is InChI=1S/C10H13BrN2/c11-8-2-3-9(13-6-8)5-7-1-4-10(7)12/h2-3,6-7,10H,1,4-5,12H2. The molecular weight excluding hydrogens is 228 g/mol. The van der Waals surface area contributed by atoms with Gasteiger partial charge in [-0.1, -0.05) is 0 Å². The van der Waals surface area contributed by atoms with E-state index in [4.69, 9.17) is 5.73 Å². The molecule has 1 aromatic rings. The second-order valence-corrected chi connectivity index (χ2v) is 4.59. The summed E-state index contributed by atoms with van der Waals surface area (Å²) in [6.45, 7) is 0. The highest BCUT2D eigenvalue weighted by atomic mass is 79.9. The van der Waals surface area contributed by atoms with Crippen molar-refractivity contribution in [2.75, 3.05) is 0 Å². The lowest BCUT2D eigenvalue weighted by molar-refractivity contribution is 0.254. The highest BCUT2D eigenvalue weighted by Crippen LogP contribution is 2.28. The van der Waals surface area contributed by atoms with E-state index < -0.39 is 0 Å². The summed E-state index contributed by atoms with van der Waals surface area (Å²) in [4.78, 5) is 4.33. The van der Waals surface area contributed by atoms with Crippen molar-refractivity contribution in [3.8, 4) is 0 Å². The predicted octanol–water partition coefficient (Wildman–Crippen LogP) is 2.12. The molecule has 0 saturated heterocycles. The van der Waals surface area contributed by atoms with Crippen LogP contribution in [0.1, 0.15) is 18.5 Å². The first kappa shape index (κ1) is 9.16. The SMILES string of the molecule is NC1CCC1Cc1ccc(Br)cn1. The van der Waals surface area contributed by atoms with Crippen LogP contribution in [0.3, 0.4) is 0 Å². The molecule has 13 heavy (non-hydrogen) atoms. The van der Waals surface area contributed by atoms with Gasteiger partial charge in [0, 0.05) is 22.4 Å². The zero-order valence-corrected chi connectivity index (χ0v) is 9.00. The molecular formula is C10H13BrN2. The number of hydrogen-bond donors (Lipinski definition) is 1. The number of rotatable bonds is 2. The van der Waals surface area contributed by atoms with Gasteiger partial charge in [-0.3, -0.25) is 4.98 Å². The summed E-state index contributed by atoms with van der Waals surface area (Å²) in [6, 6.07) is 4.51. The Morgan fingerprint density at radius 3 is 2.77 bits per heavy atom. The molecule has 0 aliphatic heterocycles. The third-order valence-electron chi connectivity index (χ3n) is 2.74. The van der Waals surface area contributed by atoms with Crippen molar-refractivity contribution in [2.24, 2.45) is 11.7 Å². The van der Waals surface area contributed by atoms with Crippen LogP contribution in [0, 0.1) is 5.92 Å². The summed E-state index contributed by atoms with van der Waals surface area (Å²) >= 11 is 3.37.